The highest BCUT2D eigenvalue weighted by molar-refractivity contribution is 5.55. The predicted octanol–water partition coefficient (Wildman–Crippen LogP) is 3.69. The molecular formula is C17H29NO3. The number of anilines is 1. The number of aliphatic hydroxyl groups excluding tert-OH is 1. The van der Waals surface area contributed by atoms with E-state index in [0.717, 1.165) is 18.5 Å². The molecule has 0 aromatic heterocycles. The molecule has 0 amide bonds. The minimum atomic E-state index is -0.00753. The van der Waals surface area contributed by atoms with Gasteiger partial charge >= 0.3 is 0 Å². The highest BCUT2D eigenvalue weighted by Gasteiger charge is 2.12. The first-order valence-electron chi connectivity index (χ1n) is 7.82. The normalized spacial score (nSPS) is 13.6. The molecule has 120 valence electrons. The van der Waals surface area contributed by atoms with Gasteiger partial charge in [-0.15, -0.1) is 0 Å². The Hall–Kier alpha value is -1.42. The molecule has 0 aliphatic heterocycles. The van der Waals surface area contributed by atoms with Gasteiger partial charge in [-0.25, -0.2) is 0 Å². The summed E-state index contributed by atoms with van der Waals surface area (Å²) >= 11 is 0. The molecule has 2 atom stereocenters. The van der Waals surface area contributed by atoms with E-state index >= 15 is 0 Å². The van der Waals surface area contributed by atoms with Gasteiger partial charge < -0.3 is 19.9 Å². The smallest absolute Gasteiger partial charge is 0.163 e. The standard InChI is InChI=1S/C17H29NO3/c1-5-13(3)11-14(6-2)18-15-7-8-16(20-4)17(12-15)21-10-9-19/h7-8,12-14,18-19H,5-6,9-11H2,1-4H3. The van der Waals surface area contributed by atoms with Crippen molar-refractivity contribution in [3.05, 3.63) is 18.2 Å². The van der Waals surface area contributed by atoms with Crippen LogP contribution in [0.3, 0.4) is 0 Å². The zero-order valence-corrected chi connectivity index (χ0v) is 13.7. The fourth-order valence-corrected chi connectivity index (χ4v) is 2.25. The van der Waals surface area contributed by atoms with Gasteiger partial charge in [0.15, 0.2) is 11.5 Å². The van der Waals surface area contributed by atoms with Gasteiger partial charge in [0.2, 0.25) is 0 Å². The fourth-order valence-electron chi connectivity index (χ4n) is 2.25. The molecule has 2 N–H and O–H groups in total. The van der Waals surface area contributed by atoms with Crippen molar-refractivity contribution < 1.29 is 14.6 Å². The summed E-state index contributed by atoms with van der Waals surface area (Å²) in [5, 5.41) is 12.5. The SMILES string of the molecule is CCC(C)CC(CC)Nc1ccc(OC)c(OCCO)c1. The van der Waals surface area contributed by atoms with E-state index in [1.807, 2.05) is 18.2 Å². The zero-order chi connectivity index (χ0) is 15.7. The predicted molar refractivity (Wildman–Crippen MR) is 87.3 cm³/mol. The highest BCUT2D eigenvalue weighted by Crippen LogP contribution is 2.31. The summed E-state index contributed by atoms with van der Waals surface area (Å²) in [5.74, 6) is 2.06. The molecule has 0 radical (unpaired) electrons. The van der Waals surface area contributed by atoms with Crippen LogP contribution in [-0.2, 0) is 0 Å². The first kappa shape index (κ1) is 17.6. The van der Waals surface area contributed by atoms with E-state index in [1.54, 1.807) is 7.11 Å². The van der Waals surface area contributed by atoms with Crippen LogP contribution in [0.25, 0.3) is 0 Å². The lowest BCUT2D eigenvalue weighted by atomic mass is 9.97. The summed E-state index contributed by atoms with van der Waals surface area (Å²) in [6.45, 7) is 6.97. The Labute approximate surface area is 128 Å². The maximum Gasteiger partial charge on any atom is 0.163 e. The number of benzene rings is 1. The fraction of sp³-hybridized carbons (Fsp3) is 0.647. The van der Waals surface area contributed by atoms with Gasteiger partial charge in [-0.3, -0.25) is 0 Å². The molecule has 4 heteroatoms. The van der Waals surface area contributed by atoms with E-state index in [4.69, 9.17) is 14.6 Å². The van der Waals surface area contributed by atoms with Gasteiger partial charge in [-0.2, -0.15) is 0 Å². The Morgan fingerprint density at radius 2 is 1.95 bits per heavy atom. The summed E-state index contributed by atoms with van der Waals surface area (Å²) in [4.78, 5) is 0. The first-order chi connectivity index (χ1) is 10.1. The summed E-state index contributed by atoms with van der Waals surface area (Å²) in [7, 11) is 1.62. The molecule has 2 unspecified atom stereocenters. The lowest BCUT2D eigenvalue weighted by Crippen LogP contribution is -2.21. The molecule has 0 bridgehead atoms. The molecule has 21 heavy (non-hydrogen) atoms. The molecule has 0 saturated heterocycles. The van der Waals surface area contributed by atoms with Crippen molar-refractivity contribution in [3.8, 4) is 11.5 Å². The van der Waals surface area contributed by atoms with Crippen molar-refractivity contribution in [2.24, 2.45) is 5.92 Å². The second-order valence-corrected chi connectivity index (χ2v) is 5.44. The topological polar surface area (TPSA) is 50.7 Å². The summed E-state index contributed by atoms with van der Waals surface area (Å²) in [5.41, 5.74) is 1.03. The van der Waals surface area contributed by atoms with Crippen LogP contribution in [0.1, 0.15) is 40.0 Å². The Bertz CT molecular complexity index is 409. The van der Waals surface area contributed by atoms with Crippen LogP contribution in [0.4, 0.5) is 5.69 Å². The van der Waals surface area contributed by atoms with Crippen molar-refractivity contribution in [1.29, 1.82) is 0 Å². The lowest BCUT2D eigenvalue weighted by Gasteiger charge is -2.22. The van der Waals surface area contributed by atoms with Crippen molar-refractivity contribution >= 4 is 5.69 Å². The first-order valence-corrected chi connectivity index (χ1v) is 7.82. The molecule has 0 spiro atoms. The van der Waals surface area contributed by atoms with Crippen LogP contribution in [0.5, 0.6) is 11.5 Å². The van der Waals surface area contributed by atoms with Crippen LogP contribution < -0.4 is 14.8 Å². The minimum absolute atomic E-state index is 0.00753. The molecule has 0 heterocycles. The monoisotopic (exact) mass is 295 g/mol. The molecule has 4 nitrogen and oxygen atoms in total. The maximum absolute atomic E-state index is 8.89. The van der Waals surface area contributed by atoms with Crippen molar-refractivity contribution in [2.75, 3.05) is 25.6 Å². The number of rotatable bonds is 10. The quantitative estimate of drug-likeness (QED) is 0.691. The van der Waals surface area contributed by atoms with Gasteiger partial charge in [-0.05, 0) is 30.9 Å². The van der Waals surface area contributed by atoms with Gasteiger partial charge in [-0.1, -0.05) is 27.2 Å². The average Bonchev–Trinajstić information content (AvgIpc) is 2.52. The van der Waals surface area contributed by atoms with E-state index in [2.05, 4.69) is 26.1 Å². The van der Waals surface area contributed by atoms with Crippen molar-refractivity contribution in [2.45, 2.75) is 46.1 Å². The minimum Gasteiger partial charge on any atom is -0.493 e. The Kier molecular flexibility index (Phi) is 7.98. The second-order valence-electron chi connectivity index (χ2n) is 5.44. The summed E-state index contributed by atoms with van der Waals surface area (Å²) in [6.07, 6.45) is 3.45. The van der Waals surface area contributed by atoms with Crippen LogP contribution >= 0.6 is 0 Å². The molecule has 1 aromatic carbocycles. The highest BCUT2D eigenvalue weighted by atomic mass is 16.5. The molecule has 1 aromatic rings. The molecule has 0 saturated carbocycles. The Balaban J connectivity index is 2.77. The van der Waals surface area contributed by atoms with E-state index in [-0.39, 0.29) is 13.2 Å². The number of methoxy groups -OCH3 is 1. The molecule has 1 rings (SSSR count). The average molecular weight is 295 g/mol. The zero-order valence-electron chi connectivity index (χ0n) is 13.7. The number of hydrogen-bond acceptors (Lipinski definition) is 4. The number of hydrogen-bond donors (Lipinski definition) is 2. The van der Waals surface area contributed by atoms with Gasteiger partial charge in [0.1, 0.15) is 6.61 Å². The van der Waals surface area contributed by atoms with Crippen molar-refractivity contribution in [1.82, 2.24) is 0 Å². The van der Waals surface area contributed by atoms with E-state index in [1.165, 1.54) is 6.42 Å². The third-order valence-corrected chi connectivity index (χ3v) is 3.76. The van der Waals surface area contributed by atoms with E-state index in [0.29, 0.717) is 23.5 Å². The van der Waals surface area contributed by atoms with E-state index < -0.39 is 0 Å². The Morgan fingerprint density at radius 1 is 1.19 bits per heavy atom. The molecule has 0 aliphatic rings. The Morgan fingerprint density at radius 3 is 2.52 bits per heavy atom. The van der Waals surface area contributed by atoms with Crippen LogP contribution in [0.15, 0.2) is 18.2 Å². The molecular weight excluding hydrogens is 266 g/mol. The van der Waals surface area contributed by atoms with Crippen molar-refractivity contribution in [3.63, 3.8) is 0 Å². The largest absolute Gasteiger partial charge is 0.493 e. The third kappa shape index (κ3) is 5.84. The lowest BCUT2D eigenvalue weighted by molar-refractivity contribution is 0.196. The number of aliphatic hydroxyl groups is 1. The summed E-state index contributed by atoms with van der Waals surface area (Å²) < 4.78 is 10.8. The van der Waals surface area contributed by atoms with Crippen LogP contribution in [-0.4, -0.2) is 31.5 Å². The summed E-state index contributed by atoms with van der Waals surface area (Å²) in [6, 6.07) is 6.29. The van der Waals surface area contributed by atoms with Crippen LogP contribution in [0.2, 0.25) is 0 Å². The molecule has 0 aliphatic carbocycles. The molecule has 0 fully saturated rings. The van der Waals surface area contributed by atoms with E-state index in [9.17, 15) is 0 Å². The number of ether oxygens (including phenoxy) is 2. The third-order valence-electron chi connectivity index (χ3n) is 3.76. The van der Waals surface area contributed by atoms with Gasteiger partial charge in [0.25, 0.3) is 0 Å². The van der Waals surface area contributed by atoms with Gasteiger partial charge in [0.05, 0.1) is 13.7 Å². The van der Waals surface area contributed by atoms with Gasteiger partial charge in [0, 0.05) is 17.8 Å². The second kappa shape index (κ2) is 9.50. The van der Waals surface area contributed by atoms with Crippen LogP contribution in [0, 0.1) is 5.92 Å². The maximum atomic E-state index is 8.89. The number of nitrogens with one attached hydrogen (secondary N) is 1.